The van der Waals surface area contributed by atoms with Crippen LogP contribution >= 0.6 is 0 Å². The number of aliphatic hydroxyl groups excluding tert-OH is 1. The Hall–Kier alpha value is -2.73. The molecule has 1 aromatic heterocycles. The van der Waals surface area contributed by atoms with Gasteiger partial charge in [-0.2, -0.15) is 9.29 Å². The van der Waals surface area contributed by atoms with Crippen molar-refractivity contribution in [2.45, 2.75) is 46.8 Å². The molecule has 2 aromatic rings. The highest BCUT2D eigenvalue weighted by Crippen LogP contribution is 2.39. The number of anilines is 2. The fourth-order valence-corrected chi connectivity index (χ4v) is 7.74. The molecule has 2 unspecified atom stereocenters. The molecule has 5 N–H and O–H groups in total. The van der Waals surface area contributed by atoms with Crippen LogP contribution < -0.4 is 30.1 Å². The topological polar surface area (TPSA) is 186 Å². The van der Waals surface area contributed by atoms with Gasteiger partial charge in [0.05, 0.1) is 23.6 Å². The molecule has 0 bridgehead atoms. The number of ether oxygens (including phenoxy) is 3. The largest absolute Gasteiger partial charge is 0.491 e. The number of piperidine rings is 1. The third-order valence-corrected chi connectivity index (χ3v) is 11.3. The Balaban J connectivity index is 1.11. The van der Waals surface area contributed by atoms with Gasteiger partial charge in [0.1, 0.15) is 41.5 Å². The van der Waals surface area contributed by atoms with Crippen LogP contribution in [0.5, 0.6) is 11.6 Å². The predicted molar refractivity (Wildman–Crippen MR) is 155 cm³/mol. The van der Waals surface area contributed by atoms with E-state index in [1.807, 2.05) is 11.9 Å². The van der Waals surface area contributed by atoms with E-state index in [1.165, 1.54) is 23.5 Å². The Morgan fingerprint density at radius 2 is 1.98 bits per heavy atom. The molecular weight excluding hydrogens is 588 g/mol. The molecule has 4 heterocycles. The standard InChI is InChI=1S/C26H38N6O8S2/c1-28-41(34,35)21-5-3-4-20(12-21)39-17-19(33)15-29-18-14-26(40-16-18)6-8-32(9-7-26)42(36,37)23-13-22-25(30-24(23)27)38-11-10-31(22)2/h3-5,12-13,18-19,28-29,33H,6-11,14-17H2,1-2H3,(H2,27,30). The maximum atomic E-state index is 13.5. The summed E-state index contributed by atoms with van der Waals surface area (Å²) in [5, 5.41) is 13.7. The molecule has 5 rings (SSSR count). The van der Waals surface area contributed by atoms with Crippen LogP contribution in [0.2, 0.25) is 0 Å². The Labute approximate surface area is 246 Å². The van der Waals surface area contributed by atoms with Crippen molar-refractivity contribution in [1.29, 1.82) is 0 Å². The summed E-state index contributed by atoms with van der Waals surface area (Å²) in [6.07, 6.45) is 0.911. The van der Waals surface area contributed by atoms with E-state index in [4.69, 9.17) is 19.9 Å². The molecule has 14 nitrogen and oxygen atoms in total. The number of hydrogen-bond donors (Lipinski definition) is 4. The summed E-state index contributed by atoms with van der Waals surface area (Å²) in [4.78, 5) is 6.16. The first-order valence-corrected chi connectivity index (χ1v) is 16.7. The van der Waals surface area contributed by atoms with Crippen LogP contribution in [0, 0.1) is 0 Å². The molecule has 3 aliphatic heterocycles. The lowest BCUT2D eigenvalue weighted by Gasteiger charge is -2.38. The summed E-state index contributed by atoms with van der Waals surface area (Å²) in [5.41, 5.74) is 6.20. The van der Waals surface area contributed by atoms with Gasteiger partial charge in [0.15, 0.2) is 0 Å². The molecule has 0 saturated carbocycles. The maximum absolute atomic E-state index is 13.5. The molecule has 2 saturated heterocycles. The first kappa shape index (κ1) is 30.7. The van der Waals surface area contributed by atoms with Gasteiger partial charge in [0.25, 0.3) is 0 Å². The first-order valence-electron chi connectivity index (χ1n) is 13.8. The summed E-state index contributed by atoms with van der Waals surface area (Å²) < 4.78 is 72.0. The number of hydrogen-bond acceptors (Lipinski definition) is 12. The Morgan fingerprint density at radius 1 is 1.21 bits per heavy atom. The monoisotopic (exact) mass is 626 g/mol. The maximum Gasteiger partial charge on any atom is 0.246 e. The van der Waals surface area contributed by atoms with Crippen LogP contribution in [0.4, 0.5) is 11.5 Å². The zero-order valence-corrected chi connectivity index (χ0v) is 25.3. The number of aromatic nitrogens is 1. The molecule has 2 fully saturated rings. The van der Waals surface area contributed by atoms with E-state index in [-0.39, 0.29) is 47.9 Å². The Morgan fingerprint density at radius 3 is 2.71 bits per heavy atom. The van der Waals surface area contributed by atoms with Gasteiger partial charge < -0.3 is 35.3 Å². The number of rotatable bonds is 10. The highest BCUT2D eigenvalue weighted by molar-refractivity contribution is 7.89. The molecule has 2 atom stereocenters. The number of nitrogens with zero attached hydrogens (tertiary/aromatic N) is 3. The third-order valence-electron chi connectivity index (χ3n) is 7.97. The molecule has 0 aliphatic carbocycles. The van der Waals surface area contributed by atoms with Crippen LogP contribution in [0.1, 0.15) is 19.3 Å². The Bertz CT molecular complexity index is 1500. The summed E-state index contributed by atoms with van der Waals surface area (Å²) in [5.74, 6) is 0.592. The number of pyridine rings is 1. The smallest absolute Gasteiger partial charge is 0.246 e. The molecule has 16 heteroatoms. The Kier molecular flexibility index (Phi) is 8.85. The van der Waals surface area contributed by atoms with E-state index < -0.39 is 31.8 Å². The average Bonchev–Trinajstić information content (AvgIpc) is 3.37. The molecule has 0 radical (unpaired) electrons. The molecule has 0 amide bonds. The van der Waals surface area contributed by atoms with E-state index in [0.717, 1.165) is 0 Å². The number of fused-ring (bicyclic) bond motifs is 1. The van der Waals surface area contributed by atoms with E-state index in [2.05, 4.69) is 15.0 Å². The van der Waals surface area contributed by atoms with E-state index in [1.54, 1.807) is 18.2 Å². The molecule has 3 aliphatic rings. The number of benzene rings is 1. The van der Waals surface area contributed by atoms with E-state index in [0.29, 0.717) is 56.3 Å². The van der Waals surface area contributed by atoms with Crippen molar-refractivity contribution in [1.82, 2.24) is 19.3 Å². The van der Waals surface area contributed by atoms with Gasteiger partial charge in [-0.15, -0.1) is 0 Å². The highest BCUT2D eigenvalue weighted by Gasteiger charge is 2.45. The number of likely N-dealkylation sites (N-methyl/N-ethyl adjacent to an activating group) is 1. The lowest BCUT2D eigenvalue weighted by Crippen LogP contribution is -2.47. The number of nitrogen functional groups attached to an aromatic ring is 1. The SMILES string of the molecule is CNS(=O)(=O)c1cccc(OCC(O)CNC2COC3(CCN(S(=O)(=O)c4cc5c(nc4N)OCCN5C)CC3)C2)c1. The van der Waals surface area contributed by atoms with Gasteiger partial charge in [-0.25, -0.2) is 21.6 Å². The van der Waals surface area contributed by atoms with E-state index in [9.17, 15) is 21.9 Å². The lowest BCUT2D eigenvalue weighted by molar-refractivity contribution is -0.0312. The summed E-state index contributed by atoms with van der Waals surface area (Å²) >= 11 is 0. The van der Waals surface area contributed by atoms with Crippen molar-refractivity contribution in [3.63, 3.8) is 0 Å². The van der Waals surface area contributed by atoms with Gasteiger partial charge in [-0.1, -0.05) is 6.07 Å². The zero-order valence-electron chi connectivity index (χ0n) is 23.7. The van der Waals surface area contributed by atoms with Crippen molar-refractivity contribution in [2.24, 2.45) is 0 Å². The summed E-state index contributed by atoms with van der Waals surface area (Å²) in [7, 11) is -4.27. The number of nitrogens with two attached hydrogens (primary N) is 1. The van der Waals surface area contributed by atoms with E-state index >= 15 is 0 Å². The minimum atomic E-state index is -3.86. The van der Waals surface area contributed by atoms with Crippen LogP contribution in [-0.2, 0) is 24.8 Å². The number of aliphatic hydroxyl groups is 1. The first-order chi connectivity index (χ1) is 19.9. The van der Waals surface area contributed by atoms with Gasteiger partial charge in [0.2, 0.25) is 25.9 Å². The number of sulfonamides is 2. The number of nitrogens with one attached hydrogen (secondary N) is 2. The average molecular weight is 627 g/mol. The molecule has 1 aromatic carbocycles. The minimum absolute atomic E-state index is 0.0112. The third kappa shape index (κ3) is 6.44. The van der Waals surface area contributed by atoms with Gasteiger partial charge in [0, 0.05) is 38.8 Å². The van der Waals surface area contributed by atoms with Crippen molar-refractivity contribution in [3.05, 3.63) is 30.3 Å². The molecular formula is C26H38N6O8S2. The fourth-order valence-electron chi connectivity index (χ4n) is 5.47. The van der Waals surface area contributed by atoms with Gasteiger partial charge >= 0.3 is 0 Å². The van der Waals surface area contributed by atoms with Gasteiger partial charge in [-0.3, -0.25) is 0 Å². The van der Waals surface area contributed by atoms with Crippen LogP contribution in [0.3, 0.4) is 0 Å². The zero-order chi connectivity index (χ0) is 30.1. The van der Waals surface area contributed by atoms with Crippen LogP contribution in [0.15, 0.2) is 40.1 Å². The second-order valence-electron chi connectivity index (χ2n) is 10.8. The van der Waals surface area contributed by atoms with Crippen LogP contribution in [0.25, 0.3) is 0 Å². The van der Waals surface area contributed by atoms with Crippen molar-refractivity contribution in [2.75, 3.05) is 70.7 Å². The molecule has 42 heavy (non-hydrogen) atoms. The fraction of sp³-hybridized carbons (Fsp3) is 0.577. The van der Waals surface area contributed by atoms with Crippen molar-refractivity contribution in [3.8, 4) is 11.6 Å². The van der Waals surface area contributed by atoms with Gasteiger partial charge in [-0.05, 0) is 44.5 Å². The lowest BCUT2D eigenvalue weighted by atomic mass is 9.88. The summed E-state index contributed by atoms with van der Waals surface area (Å²) in [6, 6.07) is 7.58. The quantitative estimate of drug-likeness (QED) is 0.271. The van der Waals surface area contributed by atoms with Crippen molar-refractivity contribution >= 4 is 31.6 Å². The molecule has 1 spiro atoms. The second-order valence-corrected chi connectivity index (χ2v) is 14.6. The highest BCUT2D eigenvalue weighted by atomic mass is 32.2. The second kappa shape index (κ2) is 12.1. The summed E-state index contributed by atoms with van der Waals surface area (Å²) in [6.45, 7) is 2.33. The van der Waals surface area contributed by atoms with Crippen LogP contribution in [-0.4, -0.2) is 109 Å². The predicted octanol–water partition coefficient (Wildman–Crippen LogP) is -0.258. The molecule has 232 valence electrons. The minimum Gasteiger partial charge on any atom is -0.491 e. The normalized spacial score (nSPS) is 21.6. The van der Waals surface area contributed by atoms with Crippen molar-refractivity contribution < 1.29 is 36.2 Å².